The highest BCUT2D eigenvalue weighted by molar-refractivity contribution is 6.07. The molecule has 26 heavy (non-hydrogen) atoms. The van der Waals surface area contributed by atoms with Crippen LogP contribution in [0.15, 0.2) is 60.7 Å². The second kappa shape index (κ2) is 7.65. The second-order valence-corrected chi connectivity index (χ2v) is 5.91. The van der Waals surface area contributed by atoms with Crippen LogP contribution in [0.3, 0.4) is 0 Å². The third kappa shape index (κ3) is 3.97. The quantitative estimate of drug-likeness (QED) is 0.848. The van der Waals surface area contributed by atoms with Crippen molar-refractivity contribution in [2.24, 2.45) is 0 Å². The Balaban J connectivity index is 1.80. The Labute approximate surface area is 150 Å². The maximum absolute atomic E-state index is 12.8. The number of hydrogen-bond donors (Lipinski definition) is 1. The topological polar surface area (TPSA) is 89.5 Å². The molecule has 2 amide bonds. The normalized spacial score (nSPS) is 13.3. The van der Waals surface area contributed by atoms with Crippen LogP contribution in [-0.2, 0) is 16.0 Å². The molecule has 1 aliphatic heterocycles. The van der Waals surface area contributed by atoms with Crippen molar-refractivity contribution in [2.45, 2.75) is 12.8 Å². The van der Waals surface area contributed by atoms with Crippen molar-refractivity contribution in [1.29, 1.82) is 0 Å². The zero-order valence-electron chi connectivity index (χ0n) is 14.0. The molecule has 1 N–H and O–H groups in total. The molecule has 2 aromatic rings. The zero-order chi connectivity index (χ0) is 18.5. The molecule has 1 aliphatic rings. The Morgan fingerprint density at radius 3 is 2.54 bits per heavy atom. The standard InChI is InChI=1S/C20H18N2O4/c23-18(10-11-19(24)25)21-16-8-9-17-15(13-16)7-4-12-22(17)20(26)14-5-2-1-3-6-14/h1-3,5-6,8-11,13H,4,7,12H2,(H,21,23)(H,24,25)/p-1/b11-10+. The van der Waals surface area contributed by atoms with E-state index in [2.05, 4.69) is 5.32 Å². The smallest absolute Gasteiger partial charge is 0.258 e. The van der Waals surface area contributed by atoms with E-state index in [1.165, 1.54) is 0 Å². The summed E-state index contributed by atoms with van der Waals surface area (Å²) >= 11 is 0. The largest absolute Gasteiger partial charge is 0.545 e. The van der Waals surface area contributed by atoms with Gasteiger partial charge in [0, 0.05) is 29.6 Å². The average molecular weight is 349 g/mol. The number of rotatable bonds is 4. The molecule has 3 rings (SSSR count). The molecule has 0 spiro atoms. The molecular formula is C20H17N2O4-. The highest BCUT2D eigenvalue weighted by Crippen LogP contribution is 2.30. The molecule has 0 saturated heterocycles. The maximum atomic E-state index is 12.8. The minimum Gasteiger partial charge on any atom is -0.545 e. The maximum Gasteiger partial charge on any atom is 0.258 e. The number of carbonyl (C=O) groups excluding carboxylic acids is 3. The predicted molar refractivity (Wildman–Crippen MR) is 95.7 cm³/mol. The summed E-state index contributed by atoms with van der Waals surface area (Å²) in [4.78, 5) is 36.5. The number of fused-ring (bicyclic) bond motifs is 1. The molecule has 0 unspecified atom stereocenters. The third-order valence-electron chi connectivity index (χ3n) is 4.10. The van der Waals surface area contributed by atoms with Crippen molar-refractivity contribution >= 4 is 29.2 Å². The van der Waals surface area contributed by atoms with E-state index in [1.54, 1.807) is 29.2 Å². The summed E-state index contributed by atoms with van der Waals surface area (Å²) < 4.78 is 0. The Morgan fingerprint density at radius 2 is 1.81 bits per heavy atom. The lowest BCUT2D eigenvalue weighted by Crippen LogP contribution is -2.35. The van der Waals surface area contributed by atoms with Crippen molar-refractivity contribution in [3.8, 4) is 0 Å². The van der Waals surface area contributed by atoms with E-state index >= 15 is 0 Å². The van der Waals surface area contributed by atoms with Gasteiger partial charge in [-0.25, -0.2) is 0 Å². The summed E-state index contributed by atoms with van der Waals surface area (Å²) in [6.45, 7) is 0.640. The monoisotopic (exact) mass is 349 g/mol. The highest BCUT2D eigenvalue weighted by Gasteiger charge is 2.23. The van der Waals surface area contributed by atoms with Crippen LogP contribution >= 0.6 is 0 Å². The first-order valence-electron chi connectivity index (χ1n) is 8.24. The number of aliphatic carboxylic acids is 1. The molecule has 0 saturated carbocycles. The molecule has 0 aliphatic carbocycles. The summed E-state index contributed by atoms with van der Waals surface area (Å²) in [6.07, 6.45) is 3.20. The van der Waals surface area contributed by atoms with Gasteiger partial charge >= 0.3 is 0 Å². The SMILES string of the molecule is O=C([O-])/C=C/C(=O)Nc1ccc2c(c1)CCCN2C(=O)c1ccccc1. The van der Waals surface area contributed by atoms with Crippen LogP contribution in [0.1, 0.15) is 22.3 Å². The van der Waals surface area contributed by atoms with Gasteiger partial charge in [-0.05, 0) is 54.8 Å². The molecule has 2 aromatic carbocycles. The minimum atomic E-state index is -1.43. The number of carbonyl (C=O) groups is 3. The molecule has 0 atom stereocenters. The van der Waals surface area contributed by atoms with Gasteiger partial charge in [-0.15, -0.1) is 0 Å². The average Bonchev–Trinajstić information content (AvgIpc) is 2.66. The summed E-state index contributed by atoms with van der Waals surface area (Å²) in [7, 11) is 0. The van der Waals surface area contributed by atoms with Crippen LogP contribution in [0.4, 0.5) is 11.4 Å². The fourth-order valence-electron chi connectivity index (χ4n) is 2.95. The van der Waals surface area contributed by atoms with Gasteiger partial charge in [0.1, 0.15) is 0 Å². The van der Waals surface area contributed by atoms with Crippen LogP contribution in [0.5, 0.6) is 0 Å². The van der Waals surface area contributed by atoms with E-state index in [4.69, 9.17) is 0 Å². The van der Waals surface area contributed by atoms with Gasteiger partial charge in [0.25, 0.3) is 5.91 Å². The van der Waals surface area contributed by atoms with E-state index in [0.29, 0.717) is 23.9 Å². The fraction of sp³-hybridized carbons (Fsp3) is 0.150. The van der Waals surface area contributed by atoms with Crippen molar-refractivity contribution in [1.82, 2.24) is 0 Å². The Hall–Kier alpha value is -3.41. The molecular weight excluding hydrogens is 332 g/mol. The predicted octanol–water partition coefficient (Wildman–Crippen LogP) is 1.52. The Bertz CT molecular complexity index is 875. The number of nitrogens with one attached hydrogen (secondary N) is 1. The molecule has 6 nitrogen and oxygen atoms in total. The van der Waals surface area contributed by atoms with Crippen LogP contribution in [0.25, 0.3) is 0 Å². The van der Waals surface area contributed by atoms with Gasteiger partial charge in [-0.2, -0.15) is 0 Å². The number of anilines is 2. The molecule has 0 bridgehead atoms. The first-order valence-corrected chi connectivity index (χ1v) is 8.24. The van der Waals surface area contributed by atoms with Gasteiger partial charge in [0.05, 0.1) is 5.97 Å². The summed E-state index contributed by atoms with van der Waals surface area (Å²) in [5.74, 6) is -2.04. The van der Waals surface area contributed by atoms with Crippen LogP contribution in [0.2, 0.25) is 0 Å². The van der Waals surface area contributed by atoms with E-state index in [1.807, 2.05) is 24.3 Å². The Kier molecular flexibility index (Phi) is 5.12. The van der Waals surface area contributed by atoms with E-state index in [9.17, 15) is 19.5 Å². The number of carboxylic acids is 1. The second-order valence-electron chi connectivity index (χ2n) is 5.91. The highest BCUT2D eigenvalue weighted by atomic mass is 16.4. The lowest BCUT2D eigenvalue weighted by Gasteiger charge is -2.30. The third-order valence-corrected chi connectivity index (χ3v) is 4.10. The van der Waals surface area contributed by atoms with E-state index in [0.717, 1.165) is 30.2 Å². The lowest BCUT2D eigenvalue weighted by molar-refractivity contribution is -0.297. The summed E-state index contributed by atoms with van der Waals surface area (Å²) in [5, 5.41) is 13.0. The molecule has 132 valence electrons. The van der Waals surface area contributed by atoms with Crippen LogP contribution in [-0.4, -0.2) is 24.3 Å². The molecule has 0 radical (unpaired) electrons. The van der Waals surface area contributed by atoms with E-state index in [-0.39, 0.29) is 5.91 Å². The zero-order valence-corrected chi connectivity index (χ0v) is 14.0. The van der Waals surface area contributed by atoms with Gasteiger partial charge in [-0.1, -0.05) is 18.2 Å². The van der Waals surface area contributed by atoms with Crippen molar-refractivity contribution in [3.05, 3.63) is 71.8 Å². The molecule has 0 aromatic heterocycles. The van der Waals surface area contributed by atoms with Crippen molar-refractivity contribution < 1.29 is 19.5 Å². The lowest BCUT2D eigenvalue weighted by atomic mass is 10.00. The minimum absolute atomic E-state index is 0.0553. The van der Waals surface area contributed by atoms with Crippen LogP contribution < -0.4 is 15.3 Å². The number of aryl methyl sites for hydroxylation is 1. The number of amides is 2. The van der Waals surface area contributed by atoms with E-state index < -0.39 is 11.9 Å². The fourth-order valence-corrected chi connectivity index (χ4v) is 2.95. The first-order chi connectivity index (χ1) is 12.5. The number of hydrogen-bond acceptors (Lipinski definition) is 4. The summed E-state index contributed by atoms with van der Waals surface area (Å²) in [6, 6.07) is 14.4. The summed E-state index contributed by atoms with van der Waals surface area (Å²) in [5.41, 5.74) is 2.96. The molecule has 0 fully saturated rings. The van der Waals surface area contributed by atoms with Gasteiger partial charge in [0.2, 0.25) is 5.91 Å². The van der Waals surface area contributed by atoms with Crippen LogP contribution in [0, 0.1) is 0 Å². The Morgan fingerprint density at radius 1 is 1.04 bits per heavy atom. The number of carboxylic acid groups (broad SMARTS) is 1. The van der Waals surface area contributed by atoms with Gasteiger partial charge < -0.3 is 20.1 Å². The first kappa shape index (κ1) is 17.4. The van der Waals surface area contributed by atoms with Crippen molar-refractivity contribution in [2.75, 3.05) is 16.8 Å². The molecule has 6 heteroatoms. The number of benzene rings is 2. The number of nitrogens with zero attached hydrogens (tertiary/aromatic N) is 1. The van der Waals surface area contributed by atoms with Gasteiger partial charge in [0.15, 0.2) is 0 Å². The molecule has 1 heterocycles. The van der Waals surface area contributed by atoms with Gasteiger partial charge in [-0.3, -0.25) is 9.59 Å². The van der Waals surface area contributed by atoms with Crippen molar-refractivity contribution in [3.63, 3.8) is 0 Å².